The average molecular weight is 271 g/mol. The fraction of sp³-hybridized carbons (Fsp3) is 0.438. The summed E-state index contributed by atoms with van der Waals surface area (Å²) in [6.07, 6.45) is 5.56. The number of rotatable bonds is 3. The SMILES string of the molecule is CC1CCCC1CNC(=O)c1c[nH]c2cc(N)ccc12. The number of amides is 1. The van der Waals surface area contributed by atoms with E-state index >= 15 is 0 Å². The zero-order valence-corrected chi connectivity index (χ0v) is 11.8. The van der Waals surface area contributed by atoms with Crippen molar-refractivity contribution >= 4 is 22.5 Å². The highest BCUT2D eigenvalue weighted by Crippen LogP contribution is 2.30. The van der Waals surface area contributed by atoms with E-state index in [1.54, 1.807) is 6.20 Å². The number of carbonyl (C=O) groups is 1. The van der Waals surface area contributed by atoms with Crippen LogP contribution in [-0.4, -0.2) is 17.4 Å². The van der Waals surface area contributed by atoms with E-state index in [0.29, 0.717) is 17.2 Å². The number of hydrogen-bond acceptors (Lipinski definition) is 2. The minimum atomic E-state index is 0.000112. The Hall–Kier alpha value is -1.97. The van der Waals surface area contributed by atoms with Crippen molar-refractivity contribution in [3.8, 4) is 0 Å². The normalized spacial score (nSPS) is 22.2. The van der Waals surface area contributed by atoms with Crippen LogP contribution in [0.15, 0.2) is 24.4 Å². The Balaban J connectivity index is 1.72. The lowest BCUT2D eigenvalue weighted by atomic mass is 9.98. The summed E-state index contributed by atoms with van der Waals surface area (Å²) in [7, 11) is 0. The van der Waals surface area contributed by atoms with Crippen LogP contribution in [0.3, 0.4) is 0 Å². The van der Waals surface area contributed by atoms with Crippen molar-refractivity contribution in [3.63, 3.8) is 0 Å². The van der Waals surface area contributed by atoms with Crippen molar-refractivity contribution in [2.24, 2.45) is 11.8 Å². The van der Waals surface area contributed by atoms with Gasteiger partial charge >= 0.3 is 0 Å². The molecule has 106 valence electrons. The maximum absolute atomic E-state index is 12.3. The summed E-state index contributed by atoms with van der Waals surface area (Å²) in [5.41, 5.74) is 8.05. The van der Waals surface area contributed by atoms with Gasteiger partial charge in [-0.2, -0.15) is 0 Å². The van der Waals surface area contributed by atoms with Gasteiger partial charge in [-0.1, -0.05) is 19.8 Å². The van der Waals surface area contributed by atoms with E-state index in [0.717, 1.165) is 23.4 Å². The molecule has 4 heteroatoms. The summed E-state index contributed by atoms with van der Waals surface area (Å²) in [6.45, 7) is 3.06. The fourth-order valence-electron chi connectivity index (χ4n) is 3.18. The minimum Gasteiger partial charge on any atom is -0.399 e. The smallest absolute Gasteiger partial charge is 0.253 e. The van der Waals surface area contributed by atoms with E-state index in [2.05, 4.69) is 17.2 Å². The Kier molecular flexibility index (Phi) is 3.38. The molecule has 0 aliphatic heterocycles. The molecule has 2 aromatic rings. The molecule has 1 fully saturated rings. The Bertz CT molecular complexity index is 632. The van der Waals surface area contributed by atoms with E-state index in [1.165, 1.54) is 19.3 Å². The molecule has 1 aromatic carbocycles. The molecule has 0 bridgehead atoms. The average Bonchev–Trinajstić information content (AvgIpc) is 3.02. The molecule has 1 heterocycles. The number of hydrogen-bond donors (Lipinski definition) is 3. The molecule has 1 aliphatic carbocycles. The van der Waals surface area contributed by atoms with Crippen molar-refractivity contribution in [2.45, 2.75) is 26.2 Å². The third-order valence-corrected chi connectivity index (χ3v) is 4.51. The van der Waals surface area contributed by atoms with E-state index in [9.17, 15) is 4.79 Å². The first-order valence-corrected chi connectivity index (χ1v) is 7.30. The number of fused-ring (bicyclic) bond motifs is 1. The molecule has 1 amide bonds. The van der Waals surface area contributed by atoms with Gasteiger partial charge < -0.3 is 16.0 Å². The Morgan fingerprint density at radius 1 is 1.45 bits per heavy atom. The van der Waals surface area contributed by atoms with Gasteiger partial charge in [0.25, 0.3) is 5.91 Å². The highest BCUT2D eigenvalue weighted by Gasteiger charge is 2.24. The van der Waals surface area contributed by atoms with Crippen LogP contribution < -0.4 is 11.1 Å². The Morgan fingerprint density at radius 2 is 2.30 bits per heavy atom. The second kappa shape index (κ2) is 5.19. The number of benzene rings is 1. The van der Waals surface area contributed by atoms with Crippen molar-refractivity contribution in [1.29, 1.82) is 0 Å². The van der Waals surface area contributed by atoms with Gasteiger partial charge in [0.2, 0.25) is 0 Å². The standard InChI is InChI=1S/C16H21N3O/c1-10-3-2-4-11(10)8-19-16(20)14-9-18-15-7-12(17)5-6-13(14)15/h5-7,9-11,18H,2-4,8,17H2,1H3,(H,19,20). The number of H-pyrrole nitrogens is 1. The topological polar surface area (TPSA) is 70.9 Å². The van der Waals surface area contributed by atoms with Crippen LogP contribution >= 0.6 is 0 Å². The zero-order chi connectivity index (χ0) is 14.1. The van der Waals surface area contributed by atoms with Gasteiger partial charge in [-0.3, -0.25) is 4.79 Å². The molecule has 4 nitrogen and oxygen atoms in total. The molecule has 20 heavy (non-hydrogen) atoms. The maximum Gasteiger partial charge on any atom is 0.253 e. The number of aromatic nitrogens is 1. The Labute approximate surface area is 118 Å². The molecule has 2 atom stereocenters. The summed E-state index contributed by atoms with van der Waals surface area (Å²) < 4.78 is 0. The third kappa shape index (κ3) is 2.38. The van der Waals surface area contributed by atoms with Gasteiger partial charge in [-0.15, -0.1) is 0 Å². The Morgan fingerprint density at radius 3 is 3.05 bits per heavy atom. The van der Waals surface area contributed by atoms with Crippen molar-refractivity contribution in [3.05, 3.63) is 30.0 Å². The van der Waals surface area contributed by atoms with Crippen molar-refractivity contribution < 1.29 is 4.79 Å². The maximum atomic E-state index is 12.3. The van der Waals surface area contributed by atoms with Crippen molar-refractivity contribution in [2.75, 3.05) is 12.3 Å². The van der Waals surface area contributed by atoms with Gasteiger partial charge in [0.1, 0.15) is 0 Å². The predicted molar refractivity (Wildman–Crippen MR) is 81.5 cm³/mol. The third-order valence-electron chi connectivity index (χ3n) is 4.51. The minimum absolute atomic E-state index is 0.000112. The van der Waals surface area contributed by atoms with Gasteiger partial charge in [0.15, 0.2) is 0 Å². The van der Waals surface area contributed by atoms with E-state index < -0.39 is 0 Å². The fourth-order valence-corrected chi connectivity index (χ4v) is 3.18. The lowest BCUT2D eigenvalue weighted by molar-refractivity contribution is 0.0946. The summed E-state index contributed by atoms with van der Waals surface area (Å²) in [6, 6.07) is 5.57. The summed E-state index contributed by atoms with van der Waals surface area (Å²) in [4.78, 5) is 15.4. The summed E-state index contributed by atoms with van der Waals surface area (Å²) in [5, 5.41) is 4.00. The van der Waals surface area contributed by atoms with Crippen LogP contribution in [0.1, 0.15) is 36.5 Å². The second-order valence-corrected chi connectivity index (χ2v) is 5.89. The quantitative estimate of drug-likeness (QED) is 0.751. The molecule has 0 spiro atoms. The van der Waals surface area contributed by atoms with E-state index in [1.807, 2.05) is 18.2 Å². The van der Waals surface area contributed by atoms with Crippen LogP contribution in [0.5, 0.6) is 0 Å². The number of aromatic amines is 1. The molecular formula is C16H21N3O. The molecule has 0 saturated heterocycles. The lowest BCUT2D eigenvalue weighted by Gasteiger charge is -2.15. The first-order valence-electron chi connectivity index (χ1n) is 7.30. The molecular weight excluding hydrogens is 250 g/mol. The number of anilines is 1. The molecule has 0 radical (unpaired) electrons. The summed E-state index contributed by atoms with van der Waals surface area (Å²) >= 11 is 0. The molecule has 4 N–H and O–H groups in total. The lowest BCUT2D eigenvalue weighted by Crippen LogP contribution is -2.30. The van der Waals surface area contributed by atoms with Crippen LogP contribution in [0.2, 0.25) is 0 Å². The van der Waals surface area contributed by atoms with Crippen LogP contribution in [0.4, 0.5) is 5.69 Å². The molecule has 2 unspecified atom stereocenters. The number of nitrogens with one attached hydrogen (secondary N) is 2. The van der Waals surface area contributed by atoms with Crippen LogP contribution in [-0.2, 0) is 0 Å². The monoisotopic (exact) mass is 271 g/mol. The zero-order valence-electron chi connectivity index (χ0n) is 11.8. The molecule has 3 rings (SSSR count). The van der Waals surface area contributed by atoms with E-state index in [-0.39, 0.29) is 5.91 Å². The van der Waals surface area contributed by atoms with Gasteiger partial charge in [0.05, 0.1) is 5.56 Å². The number of nitrogens with two attached hydrogens (primary N) is 1. The van der Waals surface area contributed by atoms with Crippen LogP contribution in [0.25, 0.3) is 10.9 Å². The number of nitrogen functional groups attached to an aromatic ring is 1. The highest BCUT2D eigenvalue weighted by molar-refractivity contribution is 6.07. The second-order valence-electron chi connectivity index (χ2n) is 5.89. The van der Waals surface area contributed by atoms with Crippen LogP contribution in [0, 0.1) is 11.8 Å². The van der Waals surface area contributed by atoms with Gasteiger partial charge in [-0.25, -0.2) is 0 Å². The van der Waals surface area contributed by atoms with E-state index in [4.69, 9.17) is 5.73 Å². The van der Waals surface area contributed by atoms with Crippen molar-refractivity contribution in [1.82, 2.24) is 10.3 Å². The first kappa shape index (κ1) is 13.0. The number of carbonyl (C=O) groups excluding carboxylic acids is 1. The predicted octanol–water partition coefficient (Wildman–Crippen LogP) is 2.92. The van der Waals surface area contributed by atoms with Gasteiger partial charge in [-0.05, 0) is 36.5 Å². The largest absolute Gasteiger partial charge is 0.399 e. The highest BCUT2D eigenvalue weighted by atomic mass is 16.1. The molecule has 1 aromatic heterocycles. The molecule has 1 saturated carbocycles. The van der Waals surface area contributed by atoms with Gasteiger partial charge in [0, 0.05) is 29.3 Å². The summed E-state index contributed by atoms with van der Waals surface area (Å²) in [5.74, 6) is 1.35. The first-order chi connectivity index (χ1) is 9.65. The molecule has 1 aliphatic rings.